The molecule has 44 heavy (non-hydrogen) atoms. The number of benzene rings is 4. The number of hydrogen-bond acceptors (Lipinski definition) is 3. The van der Waals surface area contributed by atoms with Crippen LogP contribution in [0.5, 0.6) is 0 Å². The average molecular weight is 745 g/mol. The first kappa shape index (κ1) is 36.2. The number of hydrogen-bond donors (Lipinski definition) is 0. The summed E-state index contributed by atoms with van der Waals surface area (Å²) < 4.78 is 0. The maximum absolute atomic E-state index is 9.88. The normalized spacial score (nSPS) is 10.7. The van der Waals surface area contributed by atoms with Gasteiger partial charge in [0.2, 0.25) is 0 Å². The molecular formula is C39H38HfN2O2. The smallest absolute Gasteiger partial charge is 0.679 e. The summed E-state index contributed by atoms with van der Waals surface area (Å²) >= 11 is 0. The van der Waals surface area contributed by atoms with Gasteiger partial charge in [0, 0.05) is 6.20 Å². The first-order chi connectivity index (χ1) is 20.8. The summed E-state index contributed by atoms with van der Waals surface area (Å²) in [5, 5.41) is 5.15. The molecular weight excluding hydrogens is 707 g/mol. The zero-order valence-corrected chi connectivity index (χ0v) is 29.6. The van der Waals surface area contributed by atoms with Gasteiger partial charge in [-0.05, 0) is 23.6 Å². The minimum atomic E-state index is 0. The van der Waals surface area contributed by atoms with Crippen LogP contribution in [0.1, 0.15) is 80.3 Å². The van der Waals surface area contributed by atoms with Gasteiger partial charge in [-0.25, -0.2) is 0 Å². The molecule has 0 spiro atoms. The summed E-state index contributed by atoms with van der Waals surface area (Å²) in [6.45, 7) is 11.1. The van der Waals surface area contributed by atoms with Crippen LogP contribution in [0.15, 0.2) is 121 Å². The molecule has 5 rings (SSSR count). The van der Waals surface area contributed by atoms with E-state index in [2.05, 4.69) is 82.1 Å². The molecule has 0 bridgehead atoms. The van der Waals surface area contributed by atoms with Crippen LogP contribution < -0.4 is 0 Å². The Bertz CT molecular complexity index is 1470. The molecule has 0 saturated carbocycles. The van der Waals surface area contributed by atoms with Crippen molar-refractivity contribution in [2.24, 2.45) is 0 Å². The van der Waals surface area contributed by atoms with Crippen LogP contribution >= 0.6 is 0 Å². The number of para-hydroxylation sites is 1. The molecule has 5 aromatic rings. The molecule has 1 unspecified atom stereocenters. The zero-order valence-electron chi connectivity index (χ0n) is 26.0. The van der Waals surface area contributed by atoms with Gasteiger partial charge in [0.15, 0.2) is 0 Å². The van der Waals surface area contributed by atoms with Crippen molar-refractivity contribution in [1.29, 1.82) is 0 Å². The molecule has 0 amide bonds. The number of aromatic nitrogens is 1. The first-order valence-electron chi connectivity index (χ1n) is 14.5. The molecule has 0 aliphatic heterocycles. The summed E-state index contributed by atoms with van der Waals surface area (Å²) in [5.74, 6) is 0.886. The quantitative estimate of drug-likeness (QED) is 0.117. The molecule has 1 aromatic heterocycles. The van der Waals surface area contributed by atoms with Gasteiger partial charge >= 0.3 is 25.8 Å². The molecule has 220 valence electrons. The van der Waals surface area contributed by atoms with Gasteiger partial charge in [-0.3, -0.25) is 0 Å². The molecule has 1 atom stereocenters. The van der Waals surface area contributed by atoms with Gasteiger partial charge in [-0.1, -0.05) is 88.2 Å². The molecule has 0 saturated heterocycles. The molecule has 0 fully saturated rings. The van der Waals surface area contributed by atoms with E-state index in [0.717, 1.165) is 22.5 Å². The third-order valence-corrected chi connectivity index (χ3v) is 6.66. The van der Waals surface area contributed by atoms with E-state index in [4.69, 9.17) is 5.32 Å². The molecule has 4 aromatic carbocycles. The standard InChI is InChI=1S/C25H28N2.2C7H5O.Hf/c1-17(2)22-12-9-13-23(18(3)4)25(22)27-19(5)20-10-8-11-21(16-20)24-14-6-7-15-26-24;2*8-6-7-4-2-1-3-5-7;/h6-15,17-19H,1-5H3;2*1-5H;/q-2;2*-1;+4. The zero-order chi connectivity index (χ0) is 31.0. The second-order valence-electron chi connectivity index (χ2n) is 10.6. The van der Waals surface area contributed by atoms with Crippen LogP contribution in [0.3, 0.4) is 0 Å². The molecule has 0 N–H and O–H groups in total. The van der Waals surface area contributed by atoms with E-state index in [1.165, 1.54) is 11.1 Å². The number of carbonyl (C=O) groups excluding carboxylic acids is 2. The van der Waals surface area contributed by atoms with Crippen molar-refractivity contribution in [2.45, 2.75) is 52.5 Å². The fourth-order valence-corrected chi connectivity index (χ4v) is 4.34. The van der Waals surface area contributed by atoms with Crippen LogP contribution in [-0.4, -0.2) is 17.6 Å². The first-order valence-corrected chi connectivity index (χ1v) is 14.5. The summed E-state index contributed by atoms with van der Waals surface area (Å²) in [7, 11) is 0. The van der Waals surface area contributed by atoms with Crippen molar-refractivity contribution in [1.82, 2.24) is 4.98 Å². The second-order valence-corrected chi connectivity index (χ2v) is 10.6. The number of rotatable bonds is 8. The Hall–Kier alpha value is -3.96. The van der Waals surface area contributed by atoms with E-state index in [1.807, 2.05) is 36.5 Å². The SMILES string of the molecule is CC(C)c1cccc(C(C)C)c1[N-]C(C)c1[c-]c(-c2ccccn2)ccc1.O=[C-]c1ccccc1.O=[C-]c1ccccc1.[Hf+4]. The maximum Gasteiger partial charge on any atom is 4.00 e. The van der Waals surface area contributed by atoms with Crippen LogP contribution in [0.25, 0.3) is 16.6 Å². The predicted molar refractivity (Wildman–Crippen MR) is 177 cm³/mol. The van der Waals surface area contributed by atoms with Gasteiger partial charge in [0.25, 0.3) is 0 Å². The van der Waals surface area contributed by atoms with E-state index in [1.54, 1.807) is 61.1 Å². The van der Waals surface area contributed by atoms with Crippen molar-refractivity contribution in [3.8, 4) is 11.3 Å². The van der Waals surface area contributed by atoms with Gasteiger partial charge in [0.1, 0.15) is 0 Å². The third kappa shape index (κ3) is 11.3. The van der Waals surface area contributed by atoms with Crippen molar-refractivity contribution in [3.63, 3.8) is 0 Å². The van der Waals surface area contributed by atoms with Crippen molar-refractivity contribution >= 4 is 18.3 Å². The van der Waals surface area contributed by atoms with Gasteiger partial charge in [-0.2, -0.15) is 35.4 Å². The Balaban J connectivity index is 0.000000323. The molecule has 4 nitrogen and oxygen atoms in total. The number of nitrogens with zero attached hydrogens (tertiary/aromatic N) is 2. The summed E-state index contributed by atoms with van der Waals surface area (Å²) in [5.41, 5.74) is 8.02. The minimum absolute atomic E-state index is 0. The van der Waals surface area contributed by atoms with Crippen molar-refractivity contribution in [3.05, 3.63) is 161 Å². The summed E-state index contributed by atoms with van der Waals surface area (Å²) in [6, 6.07) is 40.1. The Morgan fingerprint density at radius 2 is 1.11 bits per heavy atom. The van der Waals surface area contributed by atoms with Crippen LogP contribution in [0.2, 0.25) is 0 Å². The molecule has 5 heteroatoms. The monoisotopic (exact) mass is 746 g/mol. The summed E-state index contributed by atoms with van der Waals surface area (Å²) in [4.78, 5) is 24.2. The molecule has 1 heterocycles. The fourth-order valence-electron chi connectivity index (χ4n) is 4.34. The average Bonchev–Trinajstić information content (AvgIpc) is 3.06. The van der Waals surface area contributed by atoms with E-state index >= 15 is 0 Å². The molecule has 0 aliphatic rings. The number of pyridine rings is 1. The van der Waals surface area contributed by atoms with Gasteiger partial charge in [0.05, 0.1) is 12.6 Å². The Morgan fingerprint density at radius 1 is 0.614 bits per heavy atom. The maximum atomic E-state index is 9.88. The Morgan fingerprint density at radius 3 is 1.55 bits per heavy atom. The van der Waals surface area contributed by atoms with Crippen molar-refractivity contribution in [2.75, 3.05) is 0 Å². The van der Waals surface area contributed by atoms with E-state index in [-0.39, 0.29) is 31.9 Å². The Kier molecular flexibility index (Phi) is 15.9. The topological polar surface area (TPSA) is 61.1 Å². The van der Waals surface area contributed by atoms with Crippen LogP contribution in [-0.2, 0) is 35.4 Å². The van der Waals surface area contributed by atoms with E-state index in [9.17, 15) is 9.59 Å². The minimum Gasteiger partial charge on any atom is -0.679 e. The predicted octanol–water partition coefficient (Wildman–Crippen LogP) is 9.85. The third-order valence-electron chi connectivity index (χ3n) is 6.66. The largest absolute Gasteiger partial charge is 4.00 e. The van der Waals surface area contributed by atoms with E-state index < -0.39 is 0 Å². The van der Waals surface area contributed by atoms with E-state index in [0.29, 0.717) is 23.0 Å². The summed E-state index contributed by atoms with van der Waals surface area (Å²) in [6.07, 6.45) is 5.37. The molecule has 0 aliphatic carbocycles. The van der Waals surface area contributed by atoms with Crippen LogP contribution in [0.4, 0.5) is 5.69 Å². The van der Waals surface area contributed by atoms with Crippen molar-refractivity contribution < 1.29 is 35.4 Å². The van der Waals surface area contributed by atoms with Gasteiger partial charge in [-0.15, -0.1) is 71.4 Å². The second kappa shape index (κ2) is 19.3. The molecule has 0 radical (unpaired) electrons. The Labute approximate surface area is 281 Å². The van der Waals surface area contributed by atoms with Crippen LogP contribution in [0, 0.1) is 6.07 Å². The fraction of sp³-hybridized carbons (Fsp3) is 0.205. The van der Waals surface area contributed by atoms with Gasteiger partial charge < -0.3 is 19.9 Å².